The minimum Gasteiger partial charge on any atom is -0.353 e. The van der Waals surface area contributed by atoms with Gasteiger partial charge in [0.2, 0.25) is 0 Å². The van der Waals surface area contributed by atoms with Gasteiger partial charge in [0.25, 0.3) is 0 Å². The van der Waals surface area contributed by atoms with Crippen LogP contribution in [0.2, 0.25) is 0 Å². The molecule has 0 aromatic heterocycles. The van der Waals surface area contributed by atoms with Crippen LogP contribution in [0.15, 0.2) is 24.3 Å². The minimum absolute atomic E-state index is 0.0491. The first-order valence-corrected chi connectivity index (χ1v) is 6.25. The Hall–Kier alpha value is -0.860. The van der Waals surface area contributed by atoms with Crippen molar-refractivity contribution in [1.82, 2.24) is 0 Å². The zero-order valence-corrected chi connectivity index (χ0v) is 9.52. The second kappa shape index (κ2) is 4.56. The van der Waals surface area contributed by atoms with E-state index in [-0.39, 0.29) is 6.29 Å². The van der Waals surface area contributed by atoms with E-state index in [1.807, 2.05) is 0 Å². The van der Waals surface area contributed by atoms with E-state index in [9.17, 15) is 0 Å². The van der Waals surface area contributed by atoms with Crippen LogP contribution in [0, 0.1) is 0 Å². The van der Waals surface area contributed by atoms with Gasteiger partial charge in [0.05, 0.1) is 6.10 Å². The van der Waals surface area contributed by atoms with E-state index in [2.05, 4.69) is 24.3 Å². The van der Waals surface area contributed by atoms with E-state index in [4.69, 9.17) is 9.47 Å². The molecule has 1 unspecified atom stereocenters. The second-order valence-corrected chi connectivity index (χ2v) is 4.73. The molecule has 1 aromatic rings. The first-order valence-electron chi connectivity index (χ1n) is 6.25. The lowest BCUT2D eigenvalue weighted by Crippen LogP contribution is -2.28. The molecule has 0 amide bonds. The van der Waals surface area contributed by atoms with Crippen molar-refractivity contribution < 1.29 is 9.47 Å². The van der Waals surface area contributed by atoms with E-state index < -0.39 is 0 Å². The third-order valence-electron chi connectivity index (χ3n) is 3.50. The molecule has 1 atom stereocenters. The maximum atomic E-state index is 6.01. The highest BCUT2D eigenvalue weighted by atomic mass is 16.7. The first kappa shape index (κ1) is 10.3. The predicted octanol–water partition coefficient (Wildman–Crippen LogP) is 2.70. The monoisotopic (exact) mass is 218 g/mol. The number of benzene rings is 1. The number of hydrogen-bond acceptors (Lipinski definition) is 2. The highest BCUT2D eigenvalue weighted by Gasteiger charge is 2.25. The van der Waals surface area contributed by atoms with Crippen molar-refractivity contribution in [3.8, 4) is 0 Å². The normalized spacial score (nSPS) is 25.6. The lowest BCUT2D eigenvalue weighted by molar-refractivity contribution is -0.185. The van der Waals surface area contributed by atoms with Gasteiger partial charge in [-0.3, -0.25) is 0 Å². The number of hydrogen-bond donors (Lipinski definition) is 0. The zero-order valence-electron chi connectivity index (χ0n) is 9.52. The van der Waals surface area contributed by atoms with Crippen molar-refractivity contribution in [2.45, 2.75) is 44.5 Å². The lowest BCUT2D eigenvalue weighted by Gasteiger charge is -2.25. The van der Waals surface area contributed by atoms with Gasteiger partial charge in [-0.05, 0) is 43.2 Å². The second-order valence-electron chi connectivity index (χ2n) is 4.73. The lowest BCUT2D eigenvalue weighted by atomic mass is 10.1. The van der Waals surface area contributed by atoms with Crippen LogP contribution in [0.5, 0.6) is 0 Å². The number of rotatable bonds is 2. The summed E-state index contributed by atoms with van der Waals surface area (Å²) in [6.45, 7) is 0.865. The van der Waals surface area contributed by atoms with Gasteiger partial charge < -0.3 is 9.47 Å². The summed E-state index contributed by atoms with van der Waals surface area (Å²) < 4.78 is 11.6. The summed E-state index contributed by atoms with van der Waals surface area (Å²) in [4.78, 5) is 0. The maximum Gasteiger partial charge on any atom is 0.157 e. The van der Waals surface area contributed by atoms with Crippen LogP contribution < -0.4 is 0 Å². The molecule has 0 N–H and O–H groups in total. The van der Waals surface area contributed by atoms with Gasteiger partial charge >= 0.3 is 0 Å². The van der Waals surface area contributed by atoms with Gasteiger partial charge in [-0.1, -0.05) is 24.3 Å². The summed E-state index contributed by atoms with van der Waals surface area (Å²) in [7, 11) is 0. The largest absolute Gasteiger partial charge is 0.353 e. The molecule has 0 bridgehead atoms. The van der Waals surface area contributed by atoms with Crippen molar-refractivity contribution >= 4 is 0 Å². The Bertz CT molecular complexity index is 331. The third kappa shape index (κ3) is 2.13. The average molecular weight is 218 g/mol. The van der Waals surface area contributed by atoms with E-state index in [1.54, 1.807) is 0 Å². The van der Waals surface area contributed by atoms with Crippen LogP contribution >= 0.6 is 0 Å². The summed E-state index contributed by atoms with van der Waals surface area (Å²) in [5.74, 6) is 0. The van der Waals surface area contributed by atoms with Crippen molar-refractivity contribution in [3.63, 3.8) is 0 Å². The van der Waals surface area contributed by atoms with Crippen molar-refractivity contribution in [2.24, 2.45) is 0 Å². The molecule has 1 aliphatic carbocycles. The Labute approximate surface area is 96.6 Å². The Morgan fingerprint density at radius 2 is 1.81 bits per heavy atom. The molecule has 0 spiro atoms. The van der Waals surface area contributed by atoms with Gasteiger partial charge in [0, 0.05) is 6.61 Å². The maximum absolute atomic E-state index is 6.01. The van der Waals surface area contributed by atoms with Crippen molar-refractivity contribution in [3.05, 3.63) is 35.4 Å². The van der Waals surface area contributed by atoms with Crippen LogP contribution in [0.3, 0.4) is 0 Å². The Kier molecular flexibility index (Phi) is 2.94. The van der Waals surface area contributed by atoms with Gasteiger partial charge in [-0.2, -0.15) is 0 Å². The molecule has 86 valence electrons. The van der Waals surface area contributed by atoms with Crippen LogP contribution in [0.25, 0.3) is 0 Å². The van der Waals surface area contributed by atoms with Crippen LogP contribution in [-0.2, 0) is 22.3 Å². The molecule has 2 nitrogen and oxygen atoms in total. The van der Waals surface area contributed by atoms with E-state index in [0.29, 0.717) is 6.10 Å². The molecule has 1 heterocycles. The summed E-state index contributed by atoms with van der Waals surface area (Å²) >= 11 is 0. The predicted molar refractivity (Wildman–Crippen MR) is 62.3 cm³/mol. The van der Waals surface area contributed by atoms with Gasteiger partial charge in [0.1, 0.15) is 0 Å². The molecular formula is C14H18O2. The molecule has 3 rings (SSSR count). The van der Waals surface area contributed by atoms with Crippen LogP contribution in [0.4, 0.5) is 0 Å². The Morgan fingerprint density at radius 3 is 2.44 bits per heavy atom. The molecule has 16 heavy (non-hydrogen) atoms. The molecule has 1 saturated heterocycles. The fourth-order valence-corrected chi connectivity index (χ4v) is 2.65. The number of fused-ring (bicyclic) bond motifs is 1. The quantitative estimate of drug-likeness (QED) is 0.760. The fourth-order valence-electron chi connectivity index (χ4n) is 2.65. The minimum atomic E-state index is 0.0491. The molecule has 2 heteroatoms. The molecule has 1 aromatic carbocycles. The average Bonchev–Trinajstić information content (AvgIpc) is 2.72. The van der Waals surface area contributed by atoms with Crippen LogP contribution in [-0.4, -0.2) is 19.0 Å². The topological polar surface area (TPSA) is 18.5 Å². The first-order chi connectivity index (χ1) is 7.92. The van der Waals surface area contributed by atoms with Gasteiger partial charge in [-0.15, -0.1) is 0 Å². The molecule has 1 fully saturated rings. The molecule has 1 aliphatic heterocycles. The number of ether oxygens (including phenoxy) is 2. The van der Waals surface area contributed by atoms with Gasteiger partial charge in [-0.25, -0.2) is 0 Å². The smallest absolute Gasteiger partial charge is 0.157 e. The van der Waals surface area contributed by atoms with E-state index in [1.165, 1.54) is 24.0 Å². The van der Waals surface area contributed by atoms with Crippen molar-refractivity contribution in [2.75, 3.05) is 6.61 Å². The summed E-state index contributed by atoms with van der Waals surface area (Å²) in [5.41, 5.74) is 2.90. The van der Waals surface area contributed by atoms with Crippen LogP contribution in [0.1, 0.15) is 30.4 Å². The SMILES string of the molecule is c1ccc2c(c1)CC(OC1CCCCO1)C2. The highest BCUT2D eigenvalue weighted by molar-refractivity contribution is 5.32. The fraction of sp³-hybridized carbons (Fsp3) is 0.571. The molecule has 0 radical (unpaired) electrons. The summed E-state index contributed by atoms with van der Waals surface area (Å²) in [6, 6.07) is 8.64. The van der Waals surface area contributed by atoms with E-state index in [0.717, 1.165) is 25.9 Å². The van der Waals surface area contributed by atoms with E-state index >= 15 is 0 Å². The molecular weight excluding hydrogens is 200 g/mol. The molecule has 2 aliphatic rings. The standard InChI is InChI=1S/C14H18O2/c1-2-6-12-10-13(9-11(12)5-1)16-14-7-3-4-8-15-14/h1-2,5-6,13-14H,3-4,7-10H2. The zero-order chi connectivity index (χ0) is 10.8. The Balaban J connectivity index is 1.59. The summed E-state index contributed by atoms with van der Waals surface area (Å²) in [5, 5.41) is 0. The Morgan fingerprint density at radius 1 is 1.06 bits per heavy atom. The summed E-state index contributed by atoms with van der Waals surface area (Å²) in [6.07, 6.45) is 5.97. The molecule has 0 saturated carbocycles. The van der Waals surface area contributed by atoms with Crippen molar-refractivity contribution in [1.29, 1.82) is 0 Å². The van der Waals surface area contributed by atoms with Gasteiger partial charge in [0.15, 0.2) is 6.29 Å². The highest BCUT2D eigenvalue weighted by Crippen LogP contribution is 2.26. The third-order valence-corrected chi connectivity index (χ3v) is 3.50.